The van der Waals surface area contributed by atoms with Gasteiger partial charge >= 0.3 is 0 Å². The summed E-state index contributed by atoms with van der Waals surface area (Å²) in [6.45, 7) is 5.05. The van der Waals surface area contributed by atoms with Crippen LogP contribution < -0.4 is 4.90 Å². The van der Waals surface area contributed by atoms with Gasteiger partial charge in [0.25, 0.3) is 0 Å². The van der Waals surface area contributed by atoms with Crippen molar-refractivity contribution in [1.82, 2.24) is 24.9 Å². The van der Waals surface area contributed by atoms with Crippen molar-refractivity contribution in [3.05, 3.63) is 66.1 Å². The lowest BCUT2D eigenvalue weighted by atomic mass is 10.2. The molecule has 8 nitrogen and oxygen atoms in total. The number of anilines is 1. The molecule has 2 aromatic heterocycles. The predicted octanol–water partition coefficient (Wildman–Crippen LogP) is 3.75. The number of thioether (sulfide) groups is 1. The van der Waals surface area contributed by atoms with Gasteiger partial charge in [-0.15, -0.1) is 10.2 Å². The van der Waals surface area contributed by atoms with Crippen molar-refractivity contribution in [2.75, 3.05) is 31.2 Å². The number of aromatic nitrogens is 5. The van der Waals surface area contributed by atoms with Gasteiger partial charge in [0.15, 0.2) is 5.16 Å². The van der Waals surface area contributed by atoms with Gasteiger partial charge in [-0.05, 0) is 18.6 Å². The molecule has 0 amide bonds. The smallest absolute Gasteiger partial charge is 0.237 e. The molecule has 0 aliphatic carbocycles. The largest absolute Gasteiger partial charge is 0.378 e. The van der Waals surface area contributed by atoms with E-state index in [2.05, 4.69) is 48.9 Å². The van der Waals surface area contributed by atoms with Crippen LogP contribution >= 0.6 is 11.8 Å². The van der Waals surface area contributed by atoms with Crippen LogP contribution in [0, 0.1) is 6.92 Å². The maximum absolute atomic E-state index is 5.51. The molecule has 1 saturated heterocycles. The number of benzene rings is 2. The number of morpholine rings is 1. The van der Waals surface area contributed by atoms with Crippen molar-refractivity contribution >= 4 is 17.7 Å². The highest BCUT2D eigenvalue weighted by Gasteiger charge is 2.23. The van der Waals surface area contributed by atoms with E-state index in [4.69, 9.17) is 9.26 Å². The third-order valence-electron chi connectivity index (χ3n) is 5.09. The summed E-state index contributed by atoms with van der Waals surface area (Å²) in [4.78, 5) is 6.74. The van der Waals surface area contributed by atoms with Gasteiger partial charge in [-0.1, -0.05) is 65.4 Å². The molecule has 31 heavy (non-hydrogen) atoms. The zero-order chi connectivity index (χ0) is 21.0. The highest BCUT2D eigenvalue weighted by molar-refractivity contribution is 7.98. The number of hydrogen-bond acceptors (Lipinski definition) is 8. The maximum Gasteiger partial charge on any atom is 0.237 e. The SMILES string of the molecule is Cc1ccccc1-n1c(SCc2nc(-c3ccccc3)no2)nnc1N1CCOCC1. The Morgan fingerprint density at radius 3 is 2.55 bits per heavy atom. The van der Waals surface area contributed by atoms with Crippen LogP contribution in [0.2, 0.25) is 0 Å². The van der Waals surface area contributed by atoms with Gasteiger partial charge in [0.05, 0.1) is 24.7 Å². The van der Waals surface area contributed by atoms with Crippen molar-refractivity contribution in [3.8, 4) is 17.1 Å². The molecule has 0 spiro atoms. The van der Waals surface area contributed by atoms with Crippen LogP contribution in [0.25, 0.3) is 17.1 Å². The molecule has 4 aromatic rings. The van der Waals surface area contributed by atoms with E-state index in [1.807, 2.05) is 42.5 Å². The topological polar surface area (TPSA) is 82.1 Å². The Bertz CT molecular complexity index is 1150. The van der Waals surface area contributed by atoms with E-state index in [9.17, 15) is 0 Å². The van der Waals surface area contributed by atoms with Gasteiger partial charge in [0.1, 0.15) is 0 Å². The van der Waals surface area contributed by atoms with E-state index in [0.29, 0.717) is 30.7 Å². The number of nitrogens with zero attached hydrogens (tertiary/aromatic N) is 6. The Balaban J connectivity index is 1.42. The molecule has 1 fully saturated rings. The fraction of sp³-hybridized carbons (Fsp3) is 0.273. The van der Waals surface area contributed by atoms with Crippen molar-refractivity contribution < 1.29 is 9.26 Å². The van der Waals surface area contributed by atoms with Crippen LogP contribution in [0.1, 0.15) is 11.5 Å². The average molecular weight is 435 g/mol. The third kappa shape index (κ3) is 4.19. The minimum absolute atomic E-state index is 0.507. The first kappa shape index (κ1) is 19.8. The van der Waals surface area contributed by atoms with E-state index in [-0.39, 0.29) is 0 Å². The fourth-order valence-corrected chi connectivity index (χ4v) is 4.27. The van der Waals surface area contributed by atoms with Crippen LogP contribution in [0.3, 0.4) is 0 Å². The molecule has 1 aliphatic heterocycles. The van der Waals surface area contributed by atoms with E-state index in [1.54, 1.807) is 0 Å². The molecule has 0 bridgehead atoms. The summed E-state index contributed by atoms with van der Waals surface area (Å²) < 4.78 is 13.1. The molecule has 0 unspecified atom stereocenters. The van der Waals surface area contributed by atoms with Gasteiger partial charge < -0.3 is 14.2 Å². The van der Waals surface area contributed by atoms with Gasteiger partial charge in [-0.3, -0.25) is 4.57 Å². The first-order chi connectivity index (χ1) is 15.3. The number of hydrogen-bond donors (Lipinski definition) is 0. The van der Waals surface area contributed by atoms with Crippen LogP contribution in [0.5, 0.6) is 0 Å². The van der Waals surface area contributed by atoms with Crippen LogP contribution in [0.4, 0.5) is 5.95 Å². The van der Waals surface area contributed by atoms with Crippen molar-refractivity contribution in [1.29, 1.82) is 0 Å². The van der Waals surface area contributed by atoms with E-state index >= 15 is 0 Å². The molecular weight excluding hydrogens is 412 g/mol. The summed E-state index contributed by atoms with van der Waals surface area (Å²) in [5.41, 5.74) is 3.15. The van der Waals surface area contributed by atoms with Gasteiger partial charge in [-0.2, -0.15) is 4.98 Å². The Hall–Kier alpha value is -3.17. The lowest BCUT2D eigenvalue weighted by Gasteiger charge is -2.28. The number of ether oxygens (including phenoxy) is 1. The number of aryl methyl sites for hydroxylation is 1. The summed E-state index contributed by atoms with van der Waals surface area (Å²) in [6.07, 6.45) is 0. The first-order valence-electron chi connectivity index (χ1n) is 10.1. The maximum atomic E-state index is 5.51. The molecule has 1 aliphatic rings. The van der Waals surface area contributed by atoms with E-state index in [1.165, 1.54) is 11.8 Å². The average Bonchev–Trinajstić information content (AvgIpc) is 3.46. The molecule has 2 aromatic carbocycles. The van der Waals surface area contributed by atoms with Crippen molar-refractivity contribution in [2.45, 2.75) is 17.8 Å². The van der Waals surface area contributed by atoms with Gasteiger partial charge in [0.2, 0.25) is 17.7 Å². The number of rotatable bonds is 6. The number of para-hydroxylation sites is 1. The van der Waals surface area contributed by atoms with Gasteiger partial charge in [-0.25, -0.2) is 0 Å². The third-order valence-corrected chi connectivity index (χ3v) is 6.01. The zero-order valence-electron chi connectivity index (χ0n) is 17.1. The van der Waals surface area contributed by atoms with E-state index in [0.717, 1.165) is 41.0 Å². The quantitative estimate of drug-likeness (QED) is 0.424. The van der Waals surface area contributed by atoms with E-state index < -0.39 is 0 Å². The molecule has 0 radical (unpaired) electrons. The molecule has 0 saturated carbocycles. The summed E-state index contributed by atoms with van der Waals surface area (Å²) in [5, 5.41) is 13.9. The Kier molecular flexibility index (Phi) is 5.68. The summed E-state index contributed by atoms with van der Waals surface area (Å²) in [6, 6.07) is 18.1. The van der Waals surface area contributed by atoms with Crippen LogP contribution in [-0.2, 0) is 10.5 Å². The van der Waals surface area contributed by atoms with Gasteiger partial charge in [0, 0.05) is 18.7 Å². The molecule has 3 heterocycles. The minimum Gasteiger partial charge on any atom is -0.378 e. The Morgan fingerprint density at radius 1 is 0.968 bits per heavy atom. The summed E-state index contributed by atoms with van der Waals surface area (Å²) in [7, 11) is 0. The van der Waals surface area contributed by atoms with Crippen LogP contribution in [0.15, 0.2) is 64.3 Å². The van der Waals surface area contributed by atoms with Crippen molar-refractivity contribution in [2.24, 2.45) is 0 Å². The molecule has 9 heteroatoms. The van der Waals surface area contributed by atoms with Crippen LogP contribution in [-0.4, -0.2) is 51.2 Å². The fourth-order valence-electron chi connectivity index (χ4n) is 3.49. The molecule has 158 valence electrons. The molecule has 0 atom stereocenters. The minimum atomic E-state index is 0.507. The summed E-state index contributed by atoms with van der Waals surface area (Å²) in [5.74, 6) is 2.48. The second-order valence-corrected chi connectivity index (χ2v) is 8.11. The summed E-state index contributed by atoms with van der Waals surface area (Å²) >= 11 is 1.53. The Morgan fingerprint density at radius 2 is 1.74 bits per heavy atom. The lowest BCUT2D eigenvalue weighted by Crippen LogP contribution is -2.38. The second kappa shape index (κ2) is 8.91. The second-order valence-electron chi connectivity index (χ2n) is 7.17. The first-order valence-corrected chi connectivity index (χ1v) is 11.1. The molecule has 0 N–H and O–H groups in total. The predicted molar refractivity (Wildman–Crippen MR) is 118 cm³/mol. The highest BCUT2D eigenvalue weighted by Crippen LogP contribution is 2.30. The zero-order valence-corrected chi connectivity index (χ0v) is 18.0. The molecular formula is C22H22N6O2S. The monoisotopic (exact) mass is 434 g/mol. The highest BCUT2D eigenvalue weighted by atomic mass is 32.2. The lowest BCUT2D eigenvalue weighted by molar-refractivity contribution is 0.122. The van der Waals surface area contributed by atoms with Crippen molar-refractivity contribution in [3.63, 3.8) is 0 Å². The normalized spacial score (nSPS) is 14.2. The Labute approximate surface area is 184 Å². The standard InChI is InChI=1S/C22H22N6O2S/c1-16-7-5-6-10-18(16)28-21(27-11-13-29-14-12-27)24-25-22(28)31-15-19-23-20(26-30-19)17-8-3-2-4-9-17/h2-10H,11-15H2,1H3. The molecule has 5 rings (SSSR count).